The summed E-state index contributed by atoms with van der Waals surface area (Å²) in [6.07, 6.45) is 6.67. The third kappa shape index (κ3) is 3.57. The molecule has 1 unspecified atom stereocenters. The molecule has 0 saturated carbocycles. The van der Waals surface area contributed by atoms with Crippen LogP contribution >= 0.6 is 0 Å². The number of nitrogens with zero attached hydrogens (tertiary/aromatic N) is 2. The molecular formula is C15H27N3O. The van der Waals surface area contributed by atoms with Crippen molar-refractivity contribution in [3.8, 4) is 0 Å². The summed E-state index contributed by atoms with van der Waals surface area (Å²) >= 11 is 0. The van der Waals surface area contributed by atoms with Gasteiger partial charge in [-0.3, -0.25) is 4.68 Å². The van der Waals surface area contributed by atoms with Gasteiger partial charge in [0.25, 0.3) is 0 Å². The summed E-state index contributed by atoms with van der Waals surface area (Å²) in [6.45, 7) is 7.28. The lowest BCUT2D eigenvalue weighted by molar-refractivity contribution is 0.0535. The summed E-state index contributed by atoms with van der Waals surface area (Å²) in [5.41, 5.74) is 2.63. The Labute approximate surface area is 116 Å². The number of hydrogen-bond acceptors (Lipinski definition) is 3. The smallest absolute Gasteiger partial charge is 0.0669 e. The summed E-state index contributed by atoms with van der Waals surface area (Å²) in [7, 11) is 2.02. The minimum absolute atomic E-state index is 0.438. The molecule has 1 fully saturated rings. The molecule has 19 heavy (non-hydrogen) atoms. The number of hydrogen-bond donors (Lipinski definition) is 1. The van der Waals surface area contributed by atoms with Crippen LogP contribution in [0.15, 0.2) is 6.20 Å². The molecule has 108 valence electrons. The van der Waals surface area contributed by atoms with Crippen LogP contribution in [0.2, 0.25) is 0 Å². The van der Waals surface area contributed by atoms with Crippen LogP contribution in [0.5, 0.6) is 0 Å². The number of aromatic nitrogens is 2. The molecule has 0 amide bonds. The fourth-order valence-electron chi connectivity index (χ4n) is 2.97. The average molecular weight is 265 g/mol. The second kappa shape index (κ2) is 7.06. The van der Waals surface area contributed by atoms with Gasteiger partial charge in [-0.05, 0) is 38.1 Å². The van der Waals surface area contributed by atoms with E-state index in [1.54, 1.807) is 0 Å². The summed E-state index contributed by atoms with van der Waals surface area (Å²) in [5.74, 6) is 0.676. The average Bonchev–Trinajstić information content (AvgIpc) is 2.81. The van der Waals surface area contributed by atoms with Gasteiger partial charge in [0.1, 0.15) is 0 Å². The molecule has 1 saturated heterocycles. The van der Waals surface area contributed by atoms with E-state index in [9.17, 15) is 0 Å². The predicted molar refractivity (Wildman–Crippen MR) is 77.2 cm³/mol. The third-order valence-electron chi connectivity index (χ3n) is 3.96. The molecule has 1 aromatic heterocycles. The maximum Gasteiger partial charge on any atom is 0.0669 e. The second-order valence-corrected chi connectivity index (χ2v) is 5.44. The van der Waals surface area contributed by atoms with Gasteiger partial charge >= 0.3 is 0 Å². The Balaban J connectivity index is 2.19. The number of ether oxygens (including phenoxy) is 1. The molecule has 1 atom stereocenters. The lowest BCUT2D eigenvalue weighted by atomic mass is 9.87. The van der Waals surface area contributed by atoms with Crippen LogP contribution in [0.1, 0.15) is 50.4 Å². The first-order valence-corrected chi connectivity index (χ1v) is 7.59. The molecule has 2 rings (SSSR count). The Bertz CT molecular complexity index is 383. The van der Waals surface area contributed by atoms with Crippen molar-refractivity contribution in [1.29, 1.82) is 0 Å². The fourth-order valence-corrected chi connectivity index (χ4v) is 2.97. The first-order chi connectivity index (χ1) is 9.26. The highest BCUT2D eigenvalue weighted by atomic mass is 16.5. The zero-order valence-electron chi connectivity index (χ0n) is 12.5. The van der Waals surface area contributed by atoms with Gasteiger partial charge in [-0.15, -0.1) is 0 Å². The minimum atomic E-state index is 0.438. The molecular weight excluding hydrogens is 238 g/mol. The zero-order valence-corrected chi connectivity index (χ0v) is 12.5. The topological polar surface area (TPSA) is 39.1 Å². The first-order valence-electron chi connectivity index (χ1n) is 7.59. The van der Waals surface area contributed by atoms with E-state index in [0.717, 1.165) is 39.0 Å². The van der Waals surface area contributed by atoms with Gasteiger partial charge in [-0.25, -0.2) is 0 Å². The molecule has 1 aromatic rings. The van der Waals surface area contributed by atoms with Crippen molar-refractivity contribution in [3.05, 3.63) is 17.5 Å². The van der Waals surface area contributed by atoms with E-state index in [4.69, 9.17) is 4.74 Å². The van der Waals surface area contributed by atoms with Crippen molar-refractivity contribution in [1.82, 2.24) is 15.1 Å². The van der Waals surface area contributed by atoms with Gasteiger partial charge in [-0.2, -0.15) is 5.10 Å². The minimum Gasteiger partial charge on any atom is -0.381 e. The van der Waals surface area contributed by atoms with E-state index in [1.165, 1.54) is 17.7 Å². The van der Waals surface area contributed by atoms with Crippen LogP contribution in [-0.4, -0.2) is 29.5 Å². The molecule has 0 aromatic carbocycles. The quantitative estimate of drug-likeness (QED) is 0.858. The monoisotopic (exact) mass is 265 g/mol. The largest absolute Gasteiger partial charge is 0.381 e. The van der Waals surface area contributed by atoms with Crippen LogP contribution in [-0.2, 0) is 18.2 Å². The van der Waals surface area contributed by atoms with E-state index in [1.807, 2.05) is 11.7 Å². The normalized spacial score (nSPS) is 18.7. The van der Waals surface area contributed by atoms with E-state index >= 15 is 0 Å². The standard InChI is InChI=1S/C15H27N3O/c1-4-8-16-15(12-6-9-19-10-7-12)13-11-18(3)17-14(13)5-2/h11-12,15-16H,4-10H2,1-3H3. The lowest BCUT2D eigenvalue weighted by Crippen LogP contribution is -2.33. The highest BCUT2D eigenvalue weighted by Crippen LogP contribution is 2.31. The van der Waals surface area contributed by atoms with Gasteiger partial charge in [0.2, 0.25) is 0 Å². The summed E-state index contributed by atoms with van der Waals surface area (Å²) in [6, 6.07) is 0.438. The summed E-state index contributed by atoms with van der Waals surface area (Å²) < 4.78 is 7.46. The van der Waals surface area contributed by atoms with Crippen LogP contribution in [0.4, 0.5) is 0 Å². The molecule has 0 aliphatic carbocycles. The van der Waals surface area contributed by atoms with Crippen LogP contribution in [0.25, 0.3) is 0 Å². The van der Waals surface area contributed by atoms with Gasteiger partial charge in [0, 0.05) is 38.1 Å². The second-order valence-electron chi connectivity index (χ2n) is 5.44. The Morgan fingerprint density at radius 3 is 2.79 bits per heavy atom. The molecule has 1 aliphatic heterocycles. The Kier molecular flexibility index (Phi) is 5.40. The highest BCUT2D eigenvalue weighted by molar-refractivity contribution is 5.22. The van der Waals surface area contributed by atoms with Gasteiger partial charge in [0.05, 0.1) is 5.69 Å². The van der Waals surface area contributed by atoms with Crippen molar-refractivity contribution in [3.63, 3.8) is 0 Å². The summed E-state index contributed by atoms with van der Waals surface area (Å²) in [5, 5.41) is 8.33. The highest BCUT2D eigenvalue weighted by Gasteiger charge is 2.27. The third-order valence-corrected chi connectivity index (χ3v) is 3.96. The number of rotatable bonds is 6. The molecule has 1 aliphatic rings. The van der Waals surface area contributed by atoms with Crippen molar-refractivity contribution in [2.45, 2.75) is 45.6 Å². The maximum atomic E-state index is 5.50. The van der Waals surface area contributed by atoms with Crippen molar-refractivity contribution >= 4 is 0 Å². The Morgan fingerprint density at radius 2 is 2.16 bits per heavy atom. The Morgan fingerprint density at radius 1 is 1.42 bits per heavy atom. The lowest BCUT2D eigenvalue weighted by Gasteiger charge is -2.31. The molecule has 0 bridgehead atoms. The molecule has 4 heteroatoms. The summed E-state index contributed by atoms with van der Waals surface area (Å²) in [4.78, 5) is 0. The van der Waals surface area contributed by atoms with E-state index in [-0.39, 0.29) is 0 Å². The molecule has 2 heterocycles. The van der Waals surface area contributed by atoms with E-state index in [2.05, 4.69) is 30.5 Å². The predicted octanol–water partition coefficient (Wildman–Crippen LogP) is 2.45. The van der Waals surface area contributed by atoms with Gasteiger partial charge < -0.3 is 10.1 Å². The Hall–Kier alpha value is -0.870. The first kappa shape index (κ1) is 14.5. The molecule has 4 nitrogen and oxygen atoms in total. The van der Waals surface area contributed by atoms with Crippen molar-refractivity contribution in [2.24, 2.45) is 13.0 Å². The molecule has 0 spiro atoms. The SMILES string of the molecule is CCCNC(c1cn(C)nc1CC)C1CCOCC1. The van der Waals surface area contributed by atoms with Crippen LogP contribution in [0, 0.1) is 5.92 Å². The van der Waals surface area contributed by atoms with Gasteiger partial charge in [-0.1, -0.05) is 13.8 Å². The van der Waals surface area contributed by atoms with Crippen LogP contribution < -0.4 is 5.32 Å². The molecule has 0 radical (unpaired) electrons. The van der Waals surface area contributed by atoms with Gasteiger partial charge in [0.15, 0.2) is 0 Å². The van der Waals surface area contributed by atoms with Crippen molar-refractivity contribution in [2.75, 3.05) is 19.8 Å². The van der Waals surface area contributed by atoms with Crippen molar-refractivity contribution < 1.29 is 4.74 Å². The molecule has 1 N–H and O–H groups in total. The number of aryl methyl sites for hydroxylation is 2. The van der Waals surface area contributed by atoms with Crippen LogP contribution in [0.3, 0.4) is 0 Å². The maximum absolute atomic E-state index is 5.50. The number of nitrogens with one attached hydrogen (secondary N) is 1. The zero-order chi connectivity index (χ0) is 13.7. The van der Waals surface area contributed by atoms with E-state index in [0.29, 0.717) is 12.0 Å². The van der Waals surface area contributed by atoms with E-state index < -0.39 is 0 Å². The fraction of sp³-hybridized carbons (Fsp3) is 0.800.